The Morgan fingerprint density at radius 3 is 2.10 bits per heavy atom. The summed E-state index contributed by atoms with van der Waals surface area (Å²) in [6.45, 7) is 15.6. The molecule has 0 aromatic carbocycles. The van der Waals surface area contributed by atoms with Gasteiger partial charge in [-0.1, -0.05) is 34.6 Å². The summed E-state index contributed by atoms with van der Waals surface area (Å²) in [5, 5.41) is 0. The second-order valence-corrected chi connectivity index (χ2v) is 8.84. The summed E-state index contributed by atoms with van der Waals surface area (Å²) in [6.07, 6.45) is 5.48. The fourth-order valence-electron chi connectivity index (χ4n) is 4.70. The van der Waals surface area contributed by atoms with Gasteiger partial charge in [0.25, 0.3) is 0 Å². The molecule has 5 atom stereocenters. The lowest BCUT2D eigenvalue weighted by Gasteiger charge is -2.49. The van der Waals surface area contributed by atoms with Crippen LogP contribution in [-0.2, 0) is 0 Å². The maximum atomic E-state index is 6.10. The van der Waals surface area contributed by atoms with Crippen LogP contribution in [0, 0.1) is 29.1 Å². The number of rotatable bonds is 2. The maximum absolute atomic E-state index is 6.10. The first-order chi connectivity index (χ1) is 9.31. The molecule has 5 unspecified atom stereocenters. The van der Waals surface area contributed by atoms with Crippen molar-refractivity contribution in [1.82, 2.24) is 4.90 Å². The monoisotopic (exact) mass is 280 g/mol. The highest BCUT2D eigenvalue weighted by Gasteiger charge is 2.39. The summed E-state index contributed by atoms with van der Waals surface area (Å²) in [7, 11) is 0. The molecule has 0 radical (unpaired) electrons. The quantitative estimate of drug-likeness (QED) is 0.834. The molecule has 2 nitrogen and oxygen atoms in total. The first-order valence-corrected chi connectivity index (χ1v) is 8.75. The Kier molecular flexibility index (Phi) is 5.18. The predicted molar refractivity (Wildman–Crippen MR) is 87.6 cm³/mol. The molecule has 2 aliphatic rings. The summed E-state index contributed by atoms with van der Waals surface area (Å²) in [6, 6.07) is 0.739. The maximum Gasteiger partial charge on any atom is 0.0139 e. The van der Waals surface area contributed by atoms with E-state index in [1.165, 1.54) is 38.8 Å². The van der Waals surface area contributed by atoms with Crippen LogP contribution in [0.5, 0.6) is 0 Å². The Hall–Kier alpha value is -0.0800. The molecule has 1 aliphatic heterocycles. The zero-order valence-electron chi connectivity index (χ0n) is 14.4. The molecule has 1 saturated carbocycles. The van der Waals surface area contributed by atoms with E-state index in [4.69, 9.17) is 5.73 Å². The zero-order chi connectivity index (χ0) is 14.9. The topological polar surface area (TPSA) is 29.3 Å². The molecule has 1 aliphatic carbocycles. The molecule has 2 rings (SSSR count). The molecule has 1 saturated heterocycles. The van der Waals surface area contributed by atoms with Crippen LogP contribution in [0.15, 0.2) is 0 Å². The minimum Gasteiger partial charge on any atom is -0.330 e. The lowest BCUT2D eigenvalue weighted by atomic mass is 9.67. The van der Waals surface area contributed by atoms with Gasteiger partial charge in [-0.25, -0.2) is 0 Å². The van der Waals surface area contributed by atoms with E-state index in [1.807, 2.05) is 0 Å². The van der Waals surface area contributed by atoms with Crippen molar-refractivity contribution in [1.29, 1.82) is 0 Å². The minimum absolute atomic E-state index is 0.449. The van der Waals surface area contributed by atoms with Crippen LogP contribution >= 0.6 is 0 Å². The lowest BCUT2D eigenvalue weighted by molar-refractivity contribution is 0.0102. The first-order valence-electron chi connectivity index (χ1n) is 8.75. The van der Waals surface area contributed by atoms with E-state index < -0.39 is 0 Å². The fourth-order valence-corrected chi connectivity index (χ4v) is 4.70. The average Bonchev–Trinajstić information content (AvgIpc) is 2.35. The molecule has 118 valence electrons. The Morgan fingerprint density at radius 1 is 1.00 bits per heavy atom. The van der Waals surface area contributed by atoms with E-state index in [2.05, 4.69) is 39.5 Å². The van der Waals surface area contributed by atoms with Gasteiger partial charge in [0.15, 0.2) is 0 Å². The van der Waals surface area contributed by atoms with Crippen molar-refractivity contribution in [2.24, 2.45) is 34.8 Å². The molecule has 0 aromatic heterocycles. The number of nitrogens with two attached hydrogens (primary N) is 1. The molecule has 2 heteroatoms. The van der Waals surface area contributed by atoms with Crippen molar-refractivity contribution in [3.63, 3.8) is 0 Å². The Bertz CT molecular complexity index is 297. The number of nitrogens with zero attached hydrogens (tertiary/aromatic N) is 1. The van der Waals surface area contributed by atoms with Gasteiger partial charge < -0.3 is 5.73 Å². The van der Waals surface area contributed by atoms with E-state index in [0.29, 0.717) is 5.41 Å². The van der Waals surface area contributed by atoms with Gasteiger partial charge in [-0.05, 0) is 61.3 Å². The molecule has 2 fully saturated rings. The third kappa shape index (κ3) is 3.76. The third-order valence-corrected chi connectivity index (χ3v) is 5.85. The predicted octanol–water partition coefficient (Wildman–Crippen LogP) is 3.75. The Balaban J connectivity index is 2.08. The van der Waals surface area contributed by atoms with Crippen molar-refractivity contribution < 1.29 is 0 Å². The van der Waals surface area contributed by atoms with E-state index in [9.17, 15) is 0 Å². The smallest absolute Gasteiger partial charge is 0.0139 e. The average molecular weight is 280 g/mol. The molecule has 0 amide bonds. The molecular weight excluding hydrogens is 244 g/mol. The van der Waals surface area contributed by atoms with Crippen LogP contribution in [0.4, 0.5) is 0 Å². The normalized spacial score (nSPS) is 40.8. The molecule has 0 aromatic rings. The highest BCUT2D eigenvalue weighted by atomic mass is 15.2. The lowest BCUT2D eigenvalue weighted by Crippen LogP contribution is -2.52. The largest absolute Gasteiger partial charge is 0.330 e. The van der Waals surface area contributed by atoms with Gasteiger partial charge in [-0.15, -0.1) is 0 Å². The summed E-state index contributed by atoms with van der Waals surface area (Å²) >= 11 is 0. The van der Waals surface area contributed by atoms with E-state index in [1.54, 1.807) is 0 Å². The van der Waals surface area contributed by atoms with Gasteiger partial charge in [0.1, 0.15) is 0 Å². The van der Waals surface area contributed by atoms with Crippen molar-refractivity contribution >= 4 is 0 Å². The van der Waals surface area contributed by atoms with Crippen LogP contribution in [0.25, 0.3) is 0 Å². The zero-order valence-corrected chi connectivity index (χ0v) is 14.4. The van der Waals surface area contributed by atoms with Gasteiger partial charge in [-0.2, -0.15) is 0 Å². The standard InChI is InChI=1S/C18H36N2/c1-13-8-14(2)12-20(11-13)17-9-16(18(3,4)5)7-6-15(17)10-19/h13-17H,6-12,19H2,1-5H3. The van der Waals surface area contributed by atoms with Crippen molar-refractivity contribution in [3.05, 3.63) is 0 Å². The second-order valence-electron chi connectivity index (χ2n) is 8.84. The van der Waals surface area contributed by atoms with Crippen LogP contribution in [0.3, 0.4) is 0 Å². The summed E-state index contributed by atoms with van der Waals surface area (Å²) in [4.78, 5) is 2.80. The number of piperidine rings is 1. The summed E-state index contributed by atoms with van der Waals surface area (Å²) < 4.78 is 0. The SMILES string of the molecule is CC1CC(C)CN(C2CC(C(C)(C)C)CCC2CN)C1. The van der Waals surface area contributed by atoms with Gasteiger partial charge in [0.2, 0.25) is 0 Å². The molecular formula is C18H36N2. The van der Waals surface area contributed by atoms with Crippen LogP contribution in [0.2, 0.25) is 0 Å². The van der Waals surface area contributed by atoms with Crippen molar-refractivity contribution in [2.75, 3.05) is 19.6 Å². The van der Waals surface area contributed by atoms with Crippen molar-refractivity contribution in [3.8, 4) is 0 Å². The van der Waals surface area contributed by atoms with E-state index >= 15 is 0 Å². The summed E-state index contributed by atoms with van der Waals surface area (Å²) in [5.41, 5.74) is 6.55. The number of hydrogen-bond donors (Lipinski definition) is 1. The van der Waals surface area contributed by atoms with Crippen LogP contribution in [-0.4, -0.2) is 30.6 Å². The molecule has 0 spiro atoms. The highest BCUT2D eigenvalue weighted by molar-refractivity contribution is 4.93. The molecule has 1 heterocycles. The van der Waals surface area contributed by atoms with E-state index in [-0.39, 0.29) is 0 Å². The minimum atomic E-state index is 0.449. The van der Waals surface area contributed by atoms with Crippen LogP contribution < -0.4 is 5.73 Å². The van der Waals surface area contributed by atoms with Gasteiger partial charge >= 0.3 is 0 Å². The third-order valence-electron chi connectivity index (χ3n) is 5.85. The Morgan fingerprint density at radius 2 is 1.60 bits per heavy atom. The fraction of sp³-hybridized carbons (Fsp3) is 1.00. The van der Waals surface area contributed by atoms with E-state index in [0.717, 1.165) is 36.3 Å². The number of hydrogen-bond acceptors (Lipinski definition) is 2. The van der Waals surface area contributed by atoms with Crippen LogP contribution in [0.1, 0.15) is 60.3 Å². The van der Waals surface area contributed by atoms with Gasteiger partial charge in [0.05, 0.1) is 0 Å². The first kappa shape index (κ1) is 16.3. The molecule has 2 N–H and O–H groups in total. The second kappa shape index (κ2) is 6.36. The van der Waals surface area contributed by atoms with Gasteiger partial charge in [0, 0.05) is 19.1 Å². The number of likely N-dealkylation sites (tertiary alicyclic amines) is 1. The highest BCUT2D eigenvalue weighted by Crippen LogP contribution is 2.42. The summed E-state index contributed by atoms with van der Waals surface area (Å²) in [5.74, 6) is 3.30. The van der Waals surface area contributed by atoms with Gasteiger partial charge in [-0.3, -0.25) is 4.90 Å². The van der Waals surface area contributed by atoms with Crippen molar-refractivity contribution in [2.45, 2.75) is 66.3 Å². The molecule has 0 bridgehead atoms. The molecule has 20 heavy (non-hydrogen) atoms. The Labute approximate surface area is 126 Å².